The van der Waals surface area contributed by atoms with Gasteiger partial charge in [-0.3, -0.25) is 4.79 Å². The number of amides is 1. The van der Waals surface area contributed by atoms with Gasteiger partial charge >= 0.3 is 0 Å². The van der Waals surface area contributed by atoms with E-state index in [-0.39, 0.29) is 11.9 Å². The molecule has 0 aromatic heterocycles. The molecule has 3 nitrogen and oxygen atoms in total. The normalized spacial score (nSPS) is 14.7. The molecule has 3 heteroatoms. The number of hydrogen-bond acceptors (Lipinski definition) is 2. The standard InChI is InChI=1S/C18H20N2O/c1-11-3-4-12(2)14(7-11)9-16(19)13-5-6-17-15(8-13)10-18(21)20-17/h3-8,16H,9-10,19H2,1-2H3,(H,20,21). The van der Waals surface area contributed by atoms with E-state index >= 15 is 0 Å². The molecule has 0 saturated carbocycles. The molecular weight excluding hydrogens is 260 g/mol. The van der Waals surface area contributed by atoms with Crippen molar-refractivity contribution in [1.82, 2.24) is 0 Å². The van der Waals surface area contributed by atoms with E-state index in [0.29, 0.717) is 6.42 Å². The Morgan fingerprint density at radius 3 is 2.81 bits per heavy atom. The molecule has 0 spiro atoms. The van der Waals surface area contributed by atoms with Crippen LogP contribution in [0.2, 0.25) is 0 Å². The second kappa shape index (κ2) is 5.34. The van der Waals surface area contributed by atoms with Gasteiger partial charge in [-0.15, -0.1) is 0 Å². The number of nitrogens with one attached hydrogen (secondary N) is 1. The maximum Gasteiger partial charge on any atom is 0.228 e. The molecule has 3 rings (SSSR count). The number of benzene rings is 2. The molecular formula is C18H20N2O. The molecule has 1 heterocycles. The average Bonchev–Trinajstić information content (AvgIpc) is 2.81. The summed E-state index contributed by atoms with van der Waals surface area (Å²) in [5.74, 6) is 0.0604. The molecule has 1 amide bonds. The number of rotatable bonds is 3. The third-order valence-corrected chi connectivity index (χ3v) is 4.13. The van der Waals surface area contributed by atoms with Gasteiger partial charge in [0.1, 0.15) is 0 Å². The summed E-state index contributed by atoms with van der Waals surface area (Å²) >= 11 is 0. The first-order chi connectivity index (χ1) is 10.0. The van der Waals surface area contributed by atoms with Crippen LogP contribution in [0.15, 0.2) is 36.4 Å². The van der Waals surface area contributed by atoms with Crippen LogP contribution in [0.3, 0.4) is 0 Å². The molecule has 0 saturated heterocycles. The van der Waals surface area contributed by atoms with Crippen molar-refractivity contribution < 1.29 is 4.79 Å². The maximum absolute atomic E-state index is 11.4. The Morgan fingerprint density at radius 1 is 1.19 bits per heavy atom. The second-order valence-electron chi connectivity index (χ2n) is 5.88. The number of anilines is 1. The Morgan fingerprint density at radius 2 is 2.00 bits per heavy atom. The highest BCUT2D eigenvalue weighted by atomic mass is 16.1. The lowest BCUT2D eigenvalue weighted by Crippen LogP contribution is -2.14. The summed E-state index contributed by atoms with van der Waals surface area (Å²) in [6.07, 6.45) is 1.27. The highest BCUT2D eigenvalue weighted by Gasteiger charge is 2.19. The molecule has 0 bridgehead atoms. The smallest absolute Gasteiger partial charge is 0.228 e. The predicted molar refractivity (Wildman–Crippen MR) is 85.3 cm³/mol. The minimum Gasteiger partial charge on any atom is -0.326 e. The molecule has 3 N–H and O–H groups in total. The zero-order valence-electron chi connectivity index (χ0n) is 12.4. The monoisotopic (exact) mass is 280 g/mol. The first-order valence-electron chi connectivity index (χ1n) is 7.27. The first kappa shape index (κ1) is 13.8. The summed E-state index contributed by atoms with van der Waals surface area (Å²) in [5, 5.41) is 2.85. The van der Waals surface area contributed by atoms with Gasteiger partial charge in [0.05, 0.1) is 6.42 Å². The Balaban J connectivity index is 1.83. The molecule has 0 aliphatic carbocycles. The van der Waals surface area contributed by atoms with Crippen LogP contribution in [0.4, 0.5) is 5.69 Å². The number of carbonyl (C=O) groups excluding carboxylic acids is 1. The summed E-state index contributed by atoms with van der Waals surface area (Å²) in [5.41, 5.74) is 13.2. The third-order valence-electron chi connectivity index (χ3n) is 4.13. The summed E-state index contributed by atoms with van der Waals surface area (Å²) in [7, 11) is 0. The largest absolute Gasteiger partial charge is 0.326 e. The summed E-state index contributed by atoms with van der Waals surface area (Å²) < 4.78 is 0. The van der Waals surface area contributed by atoms with Crippen LogP contribution < -0.4 is 11.1 Å². The lowest BCUT2D eigenvalue weighted by Gasteiger charge is -2.15. The summed E-state index contributed by atoms with van der Waals surface area (Å²) in [6.45, 7) is 4.22. The Labute approximate surface area is 125 Å². The van der Waals surface area contributed by atoms with Crippen molar-refractivity contribution in [1.29, 1.82) is 0 Å². The predicted octanol–water partition coefficient (Wildman–Crippen LogP) is 3.04. The first-order valence-corrected chi connectivity index (χ1v) is 7.27. The number of aryl methyl sites for hydroxylation is 2. The van der Waals surface area contributed by atoms with Crippen LogP contribution in [0.1, 0.15) is 33.9 Å². The van der Waals surface area contributed by atoms with Crippen molar-refractivity contribution in [2.75, 3.05) is 5.32 Å². The Kier molecular flexibility index (Phi) is 3.52. The second-order valence-corrected chi connectivity index (χ2v) is 5.88. The van der Waals surface area contributed by atoms with Gasteiger partial charge in [-0.05, 0) is 48.6 Å². The van der Waals surface area contributed by atoms with Gasteiger partial charge in [0.2, 0.25) is 5.91 Å². The van der Waals surface area contributed by atoms with Gasteiger partial charge in [-0.25, -0.2) is 0 Å². The molecule has 1 aliphatic heterocycles. The number of nitrogens with two attached hydrogens (primary N) is 1. The zero-order chi connectivity index (χ0) is 15.0. The van der Waals surface area contributed by atoms with Crippen molar-refractivity contribution in [3.05, 3.63) is 64.2 Å². The van der Waals surface area contributed by atoms with E-state index < -0.39 is 0 Å². The molecule has 2 aromatic carbocycles. The quantitative estimate of drug-likeness (QED) is 0.908. The third kappa shape index (κ3) is 2.83. The van der Waals surface area contributed by atoms with Crippen LogP contribution in [0.5, 0.6) is 0 Å². The van der Waals surface area contributed by atoms with E-state index in [0.717, 1.165) is 23.2 Å². The van der Waals surface area contributed by atoms with E-state index in [1.165, 1.54) is 16.7 Å². The molecule has 1 atom stereocenters. The fourth-order valence-corrected chi connectivity index (χ4v) is 2.85. The fraction of sp³-hybridized carbons (Fsp3) is 0.278. The van der Waals surface area contributed by atoms with Gasteiger partial charge < -0.3 is 11.1 Å². The lowest BCUT2D eigenvalue weighted by atomic mass is 9.94. The molecule has 0 fully saturated rings. The van der Waals surface area contributed by atoms with Gasteiger partial charge in [0.15, 0.2) is 0 Å². The topological polar surface area (TPSA) is 55.1 Å². The minimum absolute atomic E-state index is 0.0495. The fourth-order valence-electron chi connectivity index (χ4n) is 2.85. The minimum atomic E-state index is -0.0495. The highest BCUT2D eigenvalue weighted by Crippen LogP contribution is 2.27. The van der Waals surface area contributed by atoms with Gasteiger partial charge in [-0.2, -0.15) is 0 Å². The van der Waals surface area contributed by atoms with Crippen molar-refractivity contribution in [3.63, 3.8) is 0 Å². The van der Waals surface area contributed by atoms with Gasteiger partial charge in [0.25, 0.3) is 0 Å². The van der Waals surface area contributed by atoms with Crippen LogP contribution >= 0.6 is 0 Å². The SMILES string of the molecule is Cc1ccc(C)c(CC(N)c2ccc3c(c2)CC(=O)N3)c1. The molecule has 1 unspecified atom stereocenters. The van der Waals surface area contributed by atoms with Crippen LogP contribution in [-0.2, 0) is 17.6 Å². The highest BCUT2D eigenvalue weighted by molar-refractivity contribution is 5.99. The maximum atomic E-state index is 11.4. The van der Waals surface area contributed by atoms with Gasteiger partial charge in [0, 0.05) is 11.7 Å². The summed E-state index contributed by atoms with van der Waals surface area (Å²) in [6, 6.07) is 12.4. The van der Waals surface area contributed by atoms with Crippen LogP contribution in [0, 0.1) is 13.8 Å². The van der Waals surface area contributed by atoms with Crippen molar-refractivity contribution in [3.8, 4) is 0 Å². The Hall–Kier alpha value is -2.13. The van der Waals surface area contributed by atoms with E-state index in [9.17, 15) is 4.79 Å². The van der Waals surface area contributed by atoms with Crippen molar-refractivity contribution >= 4 is 11.6 Å². The number of fused-ring (bicyclic) bond motifs is 1. The zero-order valence-corrected chi connectivity index (χ0v) is 12.4. The summed E-state index contributed by atoms with van der Waals surface area (Å²) in [4.78, 5) is 11.4. The van der Waals surface area contributed by atoms with Crippen LogP contribution in [-0.4, -0.2) is 5.91 Å². The van der Waals surface area contributed by atoms with Crippen molar-refractivity contribution in [2.24, 2.45) is 5.73 Å². The number of carbonyl (C=O) groups is 1. The van der Waals surface area contributed by atoms with E-state index in [1.54, 1.807) is 0 Å². The molecule has 2 aromatic rings. The molecule has 1 aliphatic rings. The number of hydrogen-bond donors (Lipinski definition) is 2. The van der Waals surface area contributed by atoms with E-state index in [1.807, 2.05) is 12.1 Å². The molecule has 108 valence electrons. The van der Waals surface area contributed by atoms with Gasteiger partial charge in [-0.1, -0.05) is 35.9 Å². The average molecular weight is 280 g/mol. The van der Waals surface area contributed by atoms with Crippen LogP contribution in [0.25, 0.3) is 0 Å². The molecule has 0 radical (unpaired) electrons. The molecule has 21 heavy (non-hydrogen) atoms. The Bertz CT molecular complexity index is 706. The van der Waals surface area contributed by atoms with E-state index in [4.69, 9.17) is 5.73 Å². The van der Waals surface area contributed by atoms with Crippen molar-refractivity contribution in [2.45, 2.75) is 32.7 Å². The van der Waals surface area contributed by atoms with E-state index in [2.05, 4.69) is 43.4 Å². The lowest BCUT2D eigenvalue weighted by molar-refractivity contribution is -0.115.